The monoisotopic (exact) mass is 311 g/mol. The topological polar surface area (TPSA) is 54.5 Å². The van der Waals surface area contributed by atoms with Gasteiger partial charge in [0.15, 0.2) is 0 Å². The van der Waals surface area contributed by atoms with Crippen LogP contribution in [0, 0.1) is 6.92 Å². The number of likely N-dealkylation sites (tertiary alicyclic amines) is 1. The Bertz CT molecular complexity index is 482. The number of aryl methyl sites for hydroxylation is 1. The first kappa shape index (κ1) is 16.2. The number of thiazole rings is 1. The summed E-state index contributed by atoms with van der Waals surface area (Å²) in [5, 5.41) is 4.61. The third-order valence-electron chi connectivity index (χ3n) is 3.31. The van der Waals surface area contributed by atoms with Gasteiger partial charge < -0.3 is 15.0 Å². The van der Waals surface area contributed by atoms with E-state index in [1.54, 1.807) is 11.3 Å². The summed E-state index contributed by atoms with van der Waals surface area (Å²) in [4.78, 5) is 19.4. The molecule has 0 aliphatic carbocycles. The summed E-state index contributed by atoms with van der Waals surface area (Å²) in [5.41, 5.74) is -0.433. The van der Waals surface area contributed by atoms with Gasteiger partial charge in [0, 0.05) is 36.8 Å². The third-order valence-corrected chi connectivity index (χ3v) is 4.22. The van der Waals surface area contributed by atoms with Gasteiger partial charge in [-0.2, -0.15) is 0 Å². The highest BCUT2D eigenvalue weighted by Gasteiger charge is 2.27. The Morgan fingerprint density at radius 3 is 2.95 bits per heavy atom. The van der Waals surface area contributed by atoms with E-state index < -0.39 is 5.60 Å². The van der Waals surface area contributed by atoms with Gasteiger partial charge in [-0.15, -0.1) is 11.3 Å². The molecule has 2 heterocycles. The van der Waals surface area contributed by atoms with Gasteiger partial charge in [0.1, 0.15) is 5.60 Å². The van der Waals surface area contributed by atoms with Crippen LogP contribution in [0.15, 0.2) is 6.20 Å². The van der Waals surface area contributed by atoms with Crippen LogP contribution in [-0.4, -0.2) is 40.7 Å². The van der Waals surface area contributed by atoms with Gasteiger partial charge in [0.2, 0.25) is 0 Å². The quantitative estimate of drug-likeness (QED) is 0.932. The molecule has 1 unspecified atom stereocenters. The van der Waals surface area contributed by atoms with Gasteiger partial charge in [-0.3, -0.25) is 0 Å². The molecule has 1 aliphatic heterocycles. The molecule has 1 fully saturated rings. The standard InChI is InChI=1S/C15H25N3O2S/c1-11-16-8-13(21-11)9-17-12-6-5-7-18(10-12)14(19)20-15(2,3)4/h8,12,17H,5-7,9-10H2,1-4H3. The van der Waals surface area contributed by atoms with Crippen molar-refractivity contribution in [1.29, 1.82) is 0 Å². The number of carbonyl (C=O) groups is 1. The van der Waals surface area contributed by atoms with Crippen molar-refractivity contribution >= 4 is 17.4 Å². The molecule has 1 aromatic rings. The minimum absolute atomic E-state index is 0.206. The molecule has 1 aromatic heterocycles. The fraction of sp³-hybridized carbons (Fsp3) is 0.733. The average Bonchev–Trinajstić information content (AvgIpc) is 2.81. The fourth-order valence-corrected chi connectivity index (χ4v) is 3.11. The molecule has 1 aliphatic rings. The van der Waals surface area contributed by atoms with Gasteiger partial charge in [0.25, 0.3) is 0 Å². The van der Waals surface area contributed by atoms with Crippen LogP contribution in [0.25, 0.3) is 0 Å². The molecule has 1 saturated heterocycles. The summed E-state index contributed by atoms with van der Waals surface area (Å²) in [6.07, 6.45) is 3.82. The first-order valence-corrected chi connectivity index (χ1v) is 8.28. The summed E-state index contributed by atoms with van der Waals surface area (Å²) in [6.45, 7) is 10.0. The Balaban J connectivity index is 1.81. The minimum atomic E-state index is -0.433. The van der Waals surface area contributed by atoms with E-state index in [0.717, 1.165) is 30.9 Å². The van der Waals surface area contributed by atoms with E-state index in [4.69, 9.17) is 4.74 Å². The van der Waals surface area contributed by atoms with Crippen molar-refractivity contribution in [3.8, 4) is 0 Å². The second-order valence-electron chi connectivity index (χ2n) is 6.49. The first-order chi connectivity index (χ1) is 9.83. The van der Waals surface area contributed by atoms with Crippen LogP contribution >= 0.6 is 11.3 Å². The van der Waals surface area contributed by atoms with Crippen molar-refractivity contribution in [1.82, 2.24) is 15.2 Å². The van der Waals surface area contributed by atoms with E-state index >= 15 is 0 Å². The molecule has 0 radical (unpaired) electrons. The van der Waals surface area contributed by atoms with E-state index in [1.807, 2.05) is 38.8 Å². The zero-order valence-electron chi connectivity index (χ0n) is 13.3. The smallest absolute Gasteiger partial charge is 0.410 e. The lowest BCUT2D eigenvalue weighted by molar-refractivity contribution is 0.0187. The molecule has 0 bridgehead atoms. The van der Waals surface area contributed by atoms with E-state index in [2.05, 4.69) is 10.3 Å². The summed E-state index contributed by atoms with van der Waals surface area (Å²) in [5.74, 6) is 0. The predicted octanol–water partition coefficient (Wildman–Crippen LogP) is 2.94. The van der Waals surface area contributed by atoms with E-state index in [1.165, 1.54) is 4.88 Å². The molecule has 21 heavy (non-hydrogen) atoms. The molecule has 6 heteroatoms. The number of piperidine rings is 1. The van der Waals surface area contributed by atoms with E-state index in [9.17, 15) is 4.79 Å². The number of rotatable bonds is 3. The molecular formula is C15H25N3O2S. The van der Waals surface area contributed by atoms with Crippen LogP contribution in [0.5, 0.6) is 0 Å². The minimum Gasteiger partial charge on any atom is -0.444 e. The molecule has 118 valence electrons. The Hall–Kier alpha value is -1.14. The first-order valence-electron chi connectivity index (χ1n) is 7.46. The average molecular weight is 311 g/mol. The summed E-state index contributed by atoms with van der Waals surface area (Å²) < 4.78 is 5.44. The fourth-order valence-electron chi connectivity index (χ4n) is 2.37. The molecule has 1 N–H and O–H groups in total. The van der Waals surface area contributed by atoms with Gasteiger partial charge in [-0.25, -0.2) is 9.78 Å². The number of aromatic nitrogens is 1. The van der Waals surface area contributed by atoms with Crippen LogP contribution < -0.4 is 5.32 Å². The summed E-state index contributed by atoms with van der Waals surface area (Å²) in [6, 6.07) is 0.327. The second kappa shape index (κ2) is 6.75. The van der Waals surface area contributed by atoms with Crippen molar-refractivity contribution < 1.29 is 9.53 Å². The zero-order chi connectivity index (χ0) is 15.5. The highest BCUT2D eigenvalue weighted by atomic mass is 32.1. The predicted molar refractivity (Wildman–Crippen MR) is 84.5 cm³/mol. The maximum Gasteiger partial charge on any atom is 0.410 e. The van der Waals surface area contributed by atoms with Crippen LogP contribution in [0.3, 0.4) is 0 Å². The molecule has 0 saturated carbocycles. The van der Waals surface area contributed by atoms with Gasteiger partial charge >= 0.3 is 6.09 Å². The molecule has 0 spiro atoms. The largest absolute Gasteiger partial charge is 0.444 e. The molecule has 1 amide bonds. The number of carbonyl (C=O) groups excluding carboxylic acids is 1. The van der Waals surface area contributed by atoms with Crippen LogP contribution in [0.1, 0.15) is 43.5 Å². The highest BCUT2D eigenvalue weighted by molar-refractivity contribution is 7.11. The van der Waals surface area contributed by atoms with Crippen molar-refractivity contribution in [3.63, 3.8) is 0 Å². The molecular weight excluding hydrogens is 286 g/mol. The number of nitrogens with zero attached hydrogens (tertiary/aromatic N) is 2. The molecule has 5 nitrogen and oxygen atoms in total. The lowest BCUT2D eigenvalue weighted by atomic mass is 10.1. The van der Waals surface area contributed by atoms with Gasteiger partial charge in [0.05, 0.1) is 5.01 Å². The van der Waals surface area contributed by atoms with Crippen molar-refractivity contribution in [2.75, 3.05) is 13.1 Å². The van der Waals surface area contributed by atoms with Crippen molar-refractivity contribution in [2.45, 2.75) is 58.7 Å². The van der Waals surface area contributed by atoms with Gasteiger partial charge in [-0.05, 0) is 40.5 Å². The molecule has 0 aromatic carbocycles. The van der Waals surface area contributed by atoms with Gasteiger partial charge in [-0.1, -0.05) is 0 Å². The molecule has 1 atom stereocenters. The Morgan fingerprint density at radius 1 is 1.57 bits per heavy atom. The van der Waals surface area contributed by atoms with Crippen LogP contribution in [0.4, 0.5) is 4.79 Å². The third kappa shape index (κ3) is 5.28. The van der Waals surface area contributed by atoms with Crippen LogP contribution in [0.2, 0.25) is 0 Å². The normalized spacial score (nSPS) is 19.6. The number of ether oxygens (including phenoxy) is 1. The number of amides is 1. The maximum atomic E-state index is 12.1. The van der Waals surface area contributed by atoms with E-state index in [0.29, 0.717) is 12.6 Å². The second-order valence-corrected chi connectivity index (χ2v) is 7.81. The number of nitrogens with one attached hydrogen (secondary N) is 1. The Kier molecular flexibility index (Phi) is 5.22. The van der Waals surface area contributed by atoms with Crippen molar-refractivity contribution in [2.24, 2.45) is 0 Å². The molecule has 2 rings (SSSR count). The summed E-state index contributed by atoms with van der Waals surface area (Å²) >= 11 is 1.71. The Labute approximate surface area is 130 Å². The summed E-state index contributed by atoms with van der Waals surface area (Å²) in [7, 11) is 0. The lowest BCUT2D eigenvalue weighted by Crippen LogP contribution is -2.49. The maximum absolute atomic E-state index is 12.1. The highest BCUT2D eigenvalue weighted by Crippen LogP contribution is 2.17. The Morgan fingerprint density at radius 2 is 2.33 bits per heavy atom. The zero-order valence-corrected chi connectivity index (χ0v) is 14.1. The van der Waals surface area contributed by atoms with Crippen molar-refractivity contribution in [3.05, 3.63) is 16.1 Å². The lowest BCUT2D eigenvalue weighted by Gasteiger charge is -2.34. The van der Waals surface area contributed by atoms with E-state index in [-0.39, 0.29) is 6.09 Å². The number of hydrogen-bond donors (Lipinski definition) is 1. The van der Waals surface area contributed by atoms with Crippen LogP contribution in [-0.2, 0) is 11.3 Å². The number of hydrogen-bond acceptors (Lipinski definition) is 5. The SMILES string of the molecule is Cc1ncc(CNC2CCCN(C(=O)OC(C)(C)C)C2)s1.